The molecule has 0 fully saturated rings. The van der Waals surface area contributed by atoms with Gasteiger partial charge in [0, 0.05) is 4.47 Å². The Kier molecular flexibility index (Phi) is 3.09. The van der Waals surface area contributed by atoms with Gasteiger partial charge >= 0.3 is 0 Å². The van der Waals surface area contributed by atoms with Crippen LogP contribution >= 0.6 is 39.1 Å². The molecule has 5 heteroatoms. The van der Waals surface area contributed by atoms with Crippen LogP contribution in [0.15, 0.2) is 16.6 Å². The largest absolute Gasteiger partial charge is 0.276 e. The van der Waals surface area contributed by atoms with Gasteiger partial charge in [0.05, 0.1) is 10.6 Å². The Morgan fingerprint density at radius 2 is 2.08 bits per heavy atom. The Bertz CT molecular complexity index is 340. The third kappa shape index (κ3) is 1.97. The second kappa shape index (κ2) is 3.73. The van der Waals surface area contributed by atoms with Crippen LogP contribution in [0.1, 0.15) is 10.4 Å². The number of carbonyl (C=O) groups is 1. The smallest absolute Gasteiger partial charge is 0.254 e. The highest BCUT2D eigenvalue weighted by molar-refractivity contribution is 9.10. The van der Waals surface area contributed by atoms with Gasteiger partial charge in [0.2, 0.25) is 0 Å². The minimum atomic E-state index is -0.778. The van der Waals surface area contributed by atoms with Gasteiger partial charge in [-0.05, 0) is 39.7 Å². The molecule has 0 atom stereocenters. The number of halogens is 4. The zero-order valence-electron chi connectivity index (χ0n) is 5.57. The monoisotopic (exact) mass is 270 g/mol. The van der Waals surface area contributed by atoms with Crippen molar-refractivity contribution in [1.29, 1.82) is 0 Å². The lowest BCUT2D eigenvalue weighted by Gasteiger charge is -2.00. The van der Waals surface area contributed by atoms with E-state index in [4.69, 9.17) is 23.2 Å². The maximum Gasteiger partial charge on any atom is 0.254 e. The van der Waals surface area contributed by atoms with E-state index in [1.165, 1.54) is 0 Å². The molecule has 1 rings (SSSR count). The van der Waals surface area contributed by atoms with Crippen molar-refractivity contribution in [2.75, 3.05) is 0 Å². The van der Waals surface area contributed by atoms with Crippen molar-refractivity contribution in [2.45, 2.75) is 0 Å². The van der Waals surface area contributed by atoms with Gasteiger partial charge < -0.3 is 0 Å². The van der Waals surface area contributed by atoms with Crippen molar-refractivity contribution in [3.8, 4) is 0 Å². The highest BCUT2D eigenvalue weighted by atomic mass is 79.9. The number of hydrogen-bond acceptors (Lipinski definition) is 1. The quantitative estimate of drug-likeness (QED) is 0.563. The Hall–Kier alpha value is -0.120. The molecule has 1 nitrogen and oxygen atoms in total. The van der Waals surface area contributed by atoms with Gasteiger partial charge in [0.15, 0.2) is 0 Å². The number of rotatable bonds is 1. The van der Waals surface area contributed by atoms with Crippen LogP contribution in [-0.4, -0.2) is 5.24 Å². The summed E-state index contributed by atoms with van der Waals surface area (Å²) in [5.74, 6) is -0.560. The van der Waals surface area contributed by atoms with Gasteiger partial charge in [-0.3, -0.25) is 4.79 Å². The lowest BCUT2D eigenvalue weighted by atomic mass is 10.2. The van der Waals surface area contributed by atoms with Gasteiger partial charge in [-0.1, -0.05) is 11.6 Å². The van der Waals surface area contributed by atoms with Crippen molar-refractivity contribution in [3.63, 3.8) is 0 Å². The van der Waals surface area contributed by atoms with Crippen LogP contribution in [0.2, 0.25) is 5.02 Å². The Morgan fingerprint density at radius 1 is 1.50 bits per heavy atom. The number of benzene rings is 1. The molecular formula is C7H2BrCl2FO. The predicted octanol–water partition coefficient (Wildman–Crippen LogP) is 3.62. The van der Waals surface area contributed by atoms with Crippen molar-refractivity contribution in [3.05, 3.63) is 33.0 Å². The minimum absolute atomic E-state index is 0.0368. The van der Waals surface area contributed by atoms with Crippen LogP contribution in [-0.2, 0) is 0 Å². The highest BCUT2D eigenvalue weighted by Crippen LogP contribution is 2.28. The molecule has 0 spiro atoms. The van der Waals surface area contributed by atoms with Crippen molar-refractivity contribution in [1.82, 2.24) is 0 Å². The molecule has 0 saturated heterocycles. The van der Waals surface area contributed by atoms with Crippen LogP contribution in [0.3, 0.4) is 0 Å². The summed E-state index contributed by atoms with van der Waals surface area (Å²) in [5.41, 5.74) is -0.0368. The van der Waals surface area contributed by atoms with Crippen molar-refractivity contribution in [2.24, 2.45) is 0 Å². The first-order valence-corrected chi connectivity index (χ1v) is 4.41. The lowest BCUT2D eigenvalue weighted by molar-refractivity contribution is 0.108. The summed E-state index contributed by atoms with van der Waals surface area (Å²) in [4.78, 5) is 10.7. The minimum Gasteiger partial charge on any atom is -0.276 e. The molecule has 0 aliphatic heterocycles. The normalized spacial score (nSPS) is 10.0. The lowest BCUT2D eigenvalue weighted by Crippen LogP contribution is -1.92. The summed E-state index contributed by atoms with van der Waals surface area (Å²) in [6, 6.07) is 2.15. The second-order valence-electron chi connectivity index (χ2n) is 2.02. The van der Waals surface area contributed by atoms with Crippen molar-refractivity contribution >= 4 is 44.4 Å². The van der Waals surface area contributed by atoms with E-state index in [-0.39, 0.29) is 10.6 Å². The highest BCUT2D eigenvalue weighted by Gasteiger charge is 2.12. The molecule has 12 heavy (non-hydrogen) atoms. The molecule has 0 aromatic heterocycles. The van der Waals surface area contributed by atoms with Crippen LogP contribution in [0.25, 0.3) is 0 Å². The molecule has 0 amide bonds. The van der Waals surface area contributed by atoms with E-state index in [1.807, 2.05) is 0 Å². The summed E-state index contributed by atoms with van der Waals surface area (Å²) in [7, 11) is 0. The average molecular weight is 272 g/mol. The van der Waals surface area contributed by atoms with Crippen LogP contribution in [0.5, 0.6) is 0 Å². The van der Waals surface area contributed by atoms with E-state index < -0.39 is 11.1 Å². The van der Waals surface area contributed by atoms with Crippen LogP contribution in [0, 0.1) is 5.82 Å². The molecule has 64 valence electrons. The van der Waals surface area contributed by atoms with Gasteiger partial charge in [-0.15, -0.1) is 0 Å². The molecule has 0 heterocycles. The fourth-order valence-electron chi connectivity index (χ4n) is 0.699. The van der Waals surface area contributed by atoms with Gasteiger partial charge in [-0.25, -0.2) is 4.39 Å². The first kappa shape index (κ1) is 9.96. The molecule has 1 aromatic rings. The maximum absolute atomic E-state index is 12.7. The van der Waals surface area contributed by atoms with Crippen LogP contribution < -0.4 is 0 Å². The van der Waals surface area contributed by atoms with E-state index in [9.17, 15) is 9.18 Å². The molecule has 0 bridgehead atoms. The molecule has 0 unspecified atom stereocenters. The summed E-state index contributed by atoms with van der Waals surface area (Å²) in [6.07, 6.45) is 0. The van der Waals surface area contributed by atoms with Gasteiger partial charge in [0.1, 0.15) is 5.82 Å². The Morgan fingerprint density at radius 3 is 2.58 bits per heavy atom. The molecule has 0 radical (unpaired) electrons. The van der Waals surface area contributed by atoms with E-state index in [2.05, 4.69) is 15.9 Å². The molecule has 0 N–H and O–H groups in total. The SMILES string of the molecule is O=C(Cl)c1cc(F)cc(Br)c1Cl. The predicted molar refractivity (Wildman–Crippen MR) is 49.3 cm³/mol. The zero-order chi connectivity index (χ0) is 9.30. The summed E-state index contributed by atoms with van der Waals surface area (Å²) < 4.78 is 13.0. The molecular weight excluding hydrogens is 270 g/mol. The molecule has 0 aliphatic rings. The van der Waals surface area contributed by atoms with E-state index >= 15 is 0 Å². The Balaban J connectivity index is 3.37. The molecule has 0 saturated carbocycles. The zero-order valence-corrected chi connectivity index (χ0v) is 8.67. The van der Waals surface area contributed by atoms with E-state index in [1.54, 1.807) is 0 Å². The first-order chi connectivity index (χ1) is 5.52. The van der Waals surface area contributed by atoms with E-state index in [0.29, 0.717) is 4.47 Å². The van der Waals surface area contributed by atoms with Gasteiger partial charge in [-0.2, -0.15) is 0 Å². The average Bonchev–Trinajstić information content (AvgIpc) is 1.96. The van der Waals surface area contributed by atoms with Crippen molar-refractivity contribution < 1.29 is 9.18 Å². The summed E-state index contributed by atoms with van der Waals surface area (Å²) >= 11 is 13.8. The number of carbonyl (C=O) groups excluding carboxylic acids is 1. The summed E-state index contributed by atoms with van der Waals surface area (Å²) in [5, 5.41) is -0.656. The third-order valence-corrected chi connectivity index (χ3v) is 2.67. The topological polar surface area (TPSA) is 17.1 Å². The summed E-state index contributed by atoms with van der Waals surface area (Å²) in [6.45, 7) is 0. The fourth-order valence-corrected chi connectivity index (χ4v) is 1.52. The maximum atomic E-state index is 12.7. The van der Waals surface area contributed by atoms with E-state index in [0.717, 1.165) is 12.1 Å². The standard InChI is InChI=1S/C7H2BrCl2FO/c8-5-2-3(11)1-4(6(5)9)7(10)12/h1-2H. The fraction of sp³-hybridized carbons (Fsp3) is 0. The molecule has 0 aliphatic carbocycles. The van der Waals surface area contributed by atoms with Crippen LogP contribution in [0.4, 0.5) is 4.39 Å². The first-order valence-electron chi connectivity index (χ1n) is 2.86. The Labute approximate surface area is 86.6 Å². The number of hydrogen-bond donors (Lipinski definition) is 0. The van der Waals surface area contributed by atoms with Gasteiger partial charge in [0.25, 0.3) is 5.24 Å². The molecule has 1 aromatic carbocycles. The second-order valence-corrected chi connectivity index (χ2v) is 3.60. The third-order valence-electron chi connectivity index (χ3n) is 1.20.